The zero-order valence-corrected chi connectivity index (χ0v) is 12.2. The summed E-state index contributed by atoms with van der Waals surface area (Å²) in [5.41, 5.74) is 2.06. The van der Waals surface area contributed by atoms with E-state index in [1.54, 1.807) is 6.20 Å². The Labute approximate surface area is 120 Å². The van der Waals surface area contributed by atoms with E-state index in [4.69, 9.17) is 0 Å². The molecule has 1 atom stereocenters. The lowest BCUT2D eigenvalue weighted by Gasteiger charge is -2.28. The van der Waals surface area contributed by atoms with Crippen LogP contribution >= 0.6 is 0 Å². The molecule has 0 aliphatic carbocycles. The molecule has 2 rings (SSSR count). The number of nitrogens with zero attached hydrogens (tertiary/aromatic N) is 2. The molecule has 1 aromatic heterocycles. The van der Waals surface area contributed by atoms with Crippen LogP contribution in [0.2, 0.25) is 0 Å². The van der Waals surface area contributed by atoms with Crippen molar-refractivity contribution in [3.8, 4) is 5.69 Å². The first kappa shape index (κ1) is 14.8. The van der Waals surface area contributed by atoms with Gasteiger partial charge in [0.15, 0.2) is 0 Å². The largest absolute Gasteiger partial charge is 0.394 e. The van der Waals surface area contributed by atoms with Gasteiger partial charge in [-0.2, -0.15) is 5.10 Å². The Bertz CT molecular complexity index is 507. The molecule has 0 amide bonds. The van der Waals surface area contributed by atoms with E-state index in [0.717, 1.165) is 25.1 Å². The number of aliphatic hydroxyl groups is 1. The van der Waals surface area contributed by atoms with Gasteiger partial charge in [-0.15, -0.1) is 0 Å². The van der Waals surface area contributed by atoms with Crippen molar-refractivity contribution in [2.75, 3.05) is 6.61 Å². The molecule has 0 saturated heterocycles. The van der Waals surface area contributed by atoms with Gasteiger partial charge in [-0.3, -0.25) is 0 Å². The highest BCUT2D eigenvalue weighted by Crippen LogP contribution is 2.14. The maximum absolute atomic E-state index is 9.49. The zero-order valence-electron chi connectivity index (χ0n) is 12.2. The molecule has 0 fully saturated rings. The zero-order chi connectivity index (χ0) is 14.4. The standard InChI is InChI=1S/C16H23N3O/c1-3-9-16(2,13-20)17-12-14-5-7-15(8-6-14)19-11-4-10-18-19/h4-8,10-11,17,20H,3,9,12-13H2,1-2H3. The van der Waals surface area contributed by atoms with Crippen LogP contribution in [0.25, 0.3) is 5.69 Å². The third kappa shape index (κ3) is 3.68. The highest BCUT2D eigenvalue weighted by Gasteiger charge is 2.20. The molecule has 2 N–H and O–H groups in total. The number of hydrogen-bond acceptors (Lipinski definition) is 3. The first-order valence-electron chi connectivity index (χ1n) is 7.12. The van der Waals surface area contributed by atoms with E-state index < -0.39 is 0 Å². The van der Waals surface area contributed by atoms with Crippen molar-refractivity contribution in [1.82, 2.24) is 15.1 Å². The number of benzene rings is 1. The van der Waals surface area contributed by atoms with Gasteiger partial charge in [0.2, 0.25) is 0 Å². The molecule has 4 heteroatoms. The van der Waals surface area contributed by atoms with Gasteiger partial charge in [-0.1, -0.05) is 25.5 Å². The predicted molar refractivity (Wildman–Crippen MR) is 80.8 cm³/mol. The van der Waals surface area contributed by atoms with Gasteiger partial charge in [0, 0.05) is 24.5 Å². The predicted octanol–water partition coefficient (Wildman–Crippen LogP) is 2.51. The van der Waals surface area contributed by atoms with E-state index in [9.17, 15) is 5.11 Å². The molecular weight excluding hydrogens is 250 g/mol. The van der Waals surface area contributed by atoms with Gasteiger partial charge in [-0.25, -0.2) is 4.68 Å². The molecule has 1 unspecified atom stereocenters. The average Bonchev–Trinajstić information content (AvgIpc) is 3.00. The van der Waals surface area contributed by atoms with Crippen LogP contribution in [0.15, 0.2) is 42.7 Å². The van der Waals surface area contributed by atoms with E-state index in [0.29, 0.717) is 0 Å². The molecular formula is C16H23N3O. The van der Waals surface area contributed by atoms with Gasteiger partial charge in [-0.05, 0) is 37.1 Å². The fourth-order valence-electron chi connectivity index (χ4n) is 2.28. The Kier molecular flexibility index (Phi) is 4.93. The molecule has 0 saturated carbocycles. The number of nitrogens with one attached hydrogen (secondary N) is 1. The van der Waals surface area contributed by atoms with E-state index >= 15 is 0 Å². The van der Waals surface area contributed by atoms with Crippen LogP contribution < -0.4 is 5.32 Å². The summed E-state index contributed by atoms with van der Waals surface area (Å²) in [5.74, 6) is 0. The van der Waals surface area contributed by atoms with Crippen molar-refractivity contribution >= 4 is 0 Å². The van der Waals surface area contributed by atoms with Crippen LogP contribution in [0.5, 0.6) is 0 Å². The Balaban J connectivity index is 1.97. The number of rotatable bonds is 7. The summed E-state index contributed by atoms with van der Waals surface area (Å²) in [6.07, 6.45) is 5.72. The van der Waals surface area contributed by atoms with E-state index in [2.05, 4.69) is 48.5 Å². The number of aliphatic hydroxyl groups excluding tert-OH is 1. The maximum atomic E-state index is 9.49. The molecule has 0 spiro atoms. The van der Waals surface area contributed by atoms with Gasteiger partial charge >= 0.3 is 0 Å². The van der Waals surface area contributed by atoms with Crippen molar-refractivity contribution in [3.63, 3.8) is 0 Å². The van der Waals surface area contributed by atoms with Gasteiger partial charge in [0.05, 0.1) is 12.3 Å². The molecule has 4 nitrogen and oxygen atoms in total. The summed E-state index contributed by atoms with van der Waals surface area (Å²) >= 11 is 0. The SMILES string of the molecule is CCCC(C)(CO)NCc1ccc(-n2cccn2)cc1. The third-order valence-corrected chi connectivity index (χ3v) is 3.58. The Morgan fingerprint density at radius 1 is 1.30 bits per heavy atom. The molecule has 108 valence electrons. The fourth-order valence-corrected chi connectivity index (χ4v) is 2.28. The molecule has 0 radical (unpaired) electrons. The first-order valence-corrected chi connectivity index (χ1v) is 7.12. The maximum Gasteiger partial charge on any atom is 0.0645 e. The quantitative estimate of drug-likeness (QED) is 0.815. The van der Waals surface area contributed by atoms with Gasteiger partial charge < -0.3 is 10.4 Å². The smallest absolute Gasteiger partial charge is 0.0645 e. The van der Waals surface area contributed by atoms with Crippen LogP contribution in [0.4, 0.5) is 0 Å². The van der Waals surface area contributed by atoms with Gasteiger partial charge in [0.25, 0.3) is 0 Å². The van der Waals surface area contributed by atoms with E-state index in [-0.39, 0.29) is 12.1 Å². The highest BCUT2D eigenvalue weighted by molar-refractivity contribution is 5.33. The Morgan fingerprint density at radius 3 is 2.60 bits per heavy atom. The molecule has 0 aliphatic heterocycles. The topological polar surface area (TPSA) is 50.1 Å². The van der Waals surface area contributed by atoms with Crippen LogP contribution in [0.3, 0.4) is 0 Å². The van der Waals surface area contributed by atoms with Crippen molar-refractivity contribution in [3.05, 3.63) is 48.3 Å². The van der Waals surface area contributed by atoms with E-state index in [1.807, 2.05) is 16.9 Å². The average molecular weight is 273 g/mol. The summed E-state index contributed by atoms with van der Waals surface area (Å²) in [6.45, 7) is 5.12. The summed E-state index contributed by atoms with van der Waals surface area (Å²) < 4.78 is 1.84. The number of hydrogen-bond donors (Lipinski definition) is 2. The Hall–Kier alpha value is -1.65. The summed E-state index contributed by atoms with van der Waals surface area (Å²) in [7, 11) is 0. The third-order valence-electron chi connectivity index (χ3n) is 3.58. The van der Waals surface area contributed by atoms with E-state index in [1.165, 1.54) is 5.56 Å². The second-order valence-corrected chi connectivity index (χ2v) is 5.44. The van der Waals surface area contributed by atoms with Crippen LogP contribution in [0, 0.1) is 0 Å². The van der Waals surface area contributed by atoms with Crippen LogP contribution in [-0.2, 0) is 6.54 Å². The molecule has 1 heterocycles. The van der Waals surface area contributed by atoms with Crippen molar-refractivity contribution in [2.45, 2.75) is 38.8 Å². The second kappa shape index (κ2) is 6.68. The first-order chi connectivity index (χ1) is 9.67. The minimum absolute atomic E-state index is 0.159. The van der Waals surface area contributed by atoms with Gasteiger partial charge in [0.1, 0.15) is 0 Å². The lowest BCUT2D eigenvalue weighted by molar-refractivity contribution is 0.163. The monoisotopic (exact) mass is 273 g/mol. The molecule has 1 aromatic carbocycles. The van der Waals surface area contributed by atoms with Crippen molar-refractivity contribution < 1.29 is 5.11 Å². The Morgan fingerprint density at radius 2 is 2.05 bits per heavy atom. The minimum atomic E-state index is -0.199. The molecule has 20 heavy (non-hydrogen) atoms. The normalized spacial score (nSPS) is 14.2. The fraction of sp³-hybridized carbons (Fsp3) is 0.438. The second-order valence-electron chi connectivity index (χ2n) is 5.44. The summed E-state index contributed by atoms with van der Waals surface area (Å²) in [5, 5.41) is 17.1. The lowest BCUT2D eigenvalue weighted by atomic mass is 9.97. The molecule has 0 bridgehead atoms. The minimum Gasteiger partial charge on any atom is -0.394 e. The van der Waals surface area contributed by atoms with Crippen LogP contribution in [0.1, 0.15) is 32.3 Å². The summed E-state index contributed by atoms with van der Waals surface area (Å²) in [4.78, 5) is 0. The number of aromatic nitrogens is 2. The van der Waals surface area contributed by atoms with Crippen molar-refractivity contribution in [1.29, 1.82) is 0 Å². The van der Waals surface area contributed by atoms with Crippen LogP contribution in [-0.4, -0.2) is 27.0 Å². The lowest BCUT2D eigenvalue weighted by Crippen LogP contribution is -2.45. The summed E-state index contributed by atoms with van der Waals surface area (Å²) in [6, 6.07) is 10.2. The highest BCUT2D eigenvalue weighted by atomic mass is 16.3. The molecule has 2 aromatic rings. The molecule has 0 aliphatic rings. The van der Waals surface area contributed by atoms with Crippen molar-refractivity contribution in [2.24, 2.45) is 0 Å².